The fourth-order valence-electron chi connectivity index (χ4n) is 1.75. The summed E-state index contributed by atoms with van der Waals surface area (Å²) in [7, 11) is 1.30. The molecule has 2 aromatic rings. The summed E-state index contributed by atoms with van der Waals surface area (Å²) in [6.07, 6.45) is 0. The van der Waals surface area contributed by atoms with Gasteiger partial charge in [0.05, 0.1) is 7.11 Å². The Labute approximate surface area is 136 Å². The molecule has 0 saturated heterocycles. The first-order chi connectivity index (χ1) is 11.5. The van der Waals surface area contributed by atoms with Gasteiger partial charge < -0.3 is 9.47 Å². The predicted octanol–water partition coefficient (Wildman–Crippen LogP) is 1.81. The van der Waals surface area contributed by atoms with Gasteiger partial charge in [0.1, 0.15) is 0 Å². The van der Waals surface area contributed by atoms with Crippen LogP contribution in [0.15, 0.2) is 42.5 Å². The van der Waals surface area contributed by atoms with Crippen LogP contribution >= 0.6 is 0 Å². The Balaban J connectivity index is 1.84. The lowest BCUT2D eigenvalue weighted by molar-refractivity contribution is -0.123. The van der Waals surface area contributed by atoms with Gasteiger partial charge in [0.25, 0.3) is 11.8 Å². The lowest BCUT2D eigenvalue weighted by atomic mass is 10.2. The molecule has 24 heavy (non-hydrogen) atoms. The minimum Gasteiger partial charge on any atom is -0.494 e. The van der Waals surface area contributed by atoms with Crippen LogP contribution in [-0.2, 0) is 4.79 Å². The molecule has 0 fully saturated rings. The Kier molecular flexibility index (Phi) is 5.67. The molecule has 0 saturated carbocycles. The van der Waals surface area contributed by atoms with Gasteiger partial charge in [-0.25, -0.2) is 8.78 Å². The number of carbonyl (C=O) groups is 2. The highest BCUT2D eigenvalue weighted by molar-refractivity contribution is 5.95. The van der Waals surface area contributed by atoms with Gasteiger partial charge in [-0.15, -0.1) is 0 Å². The number of carbonyl (C=O) groups excluding carboxylic acids is 2. The zero-order valence-electron chi connectivity index (χ0n) is 12.6. The molecule has 0 aliphatic heterocycles. The van der Waals surface area contributed by atoms with Gasteiger partial charge in [0.15, 0.2) is 29.7 Å². The Bertz CT molecular complexity index is 753. The van der Waals surface area contributed by atoms with Crippen LogP contribution in [0, 0.1) is 11.6 Å². The standard InChI is InChI=1S/C16H14F2N2O4/c1-23-13-7-6-10(8-12(13)18)16(22)20-19-15(21)9-24-14-5-3-2-4-11(14)17/h2-8H,9H2,1H3,(H,19,21)(H,20,22). The van der Waals surface area contributed by atoms with Crippen molar-refractivity contribution in [3.63, 3.8) is 0 Å². The molecule has 0 bridgehead atoms. The number of amides is 2. The molecule has 0 atom stereocenters. The van der Waals surface area contributed by atoms with Crippen LogP contribution in [0.25, 0.3) is 0 Å². The minimum absolute atomic E-state index is 0.00567. The van der Waals surface area contributed by atoms with Gasteiger partial charge in [-0.1, -0.05) is 12.1 Å². The zero-order chi connectivity index (χ0) is 17.5. The number of ether oxygens (including phenoxy) is 2. The van der Waals surface area contributed by atoms with E-state index in [9.17, 15) is 18.4 Å². The number of hydrogen-bond donors (Lipinski definition) is 2. The number of hydrazine groups is 1. The zero-order valence-corrected chi connectivity index (χ0v) is 12.6. The van der Waals surface area contributed by atoms with Crippen molar-refractivity contribution in [1.82, 2.24) is 10.9 Å². The van der Waals surface area contributed by atoms with Crippen molar-refractivity contribution in [2.24, 2.45) is 0 Å². The van der Waals surface area contributed by atoms with E-state index >= 15 is 0 Å². The second kappa shape index (κ2) is 7.91. The lowest BCUT2D eigenvalue weighted by Gasteiger charge is -2.10. The molecule has 2 aromatic carbocycles. The smallest absolute Gasteiger partial charge is 0.276 e. The van der Waals surface area contributed by atoms with E-state index in [0.29, 0.717) is 0 Å². The summed E-state index contributed by atoms with van der Waals surface area (Å²) in [6.45, 7) is -0.502. The monoisotopic (exact) mass is 336 g/mol. The van der Waals surface area contributed by atoms with E-state index in [4.69, 9.17) is 9.47 Å². The largest absolute Gasteiger partial charge is 0.494 e. The highest BCUT2D eigenvalue weighted by Gasteiger charge is 2.12. The molecule has 0 heterocycles. The van der Waals surface area contributed by atoms with Crippen molar-refractivity contribution >= 4 is 11.8 Å². The number of methoxy groups -OCH3 is 1. The maximum atomic E-state index is 13.5. The highest BCUT2D eigenvalue weighted by atomic mass is 19.1. The van der Waals surface area contributed by atoms with Gasteiger partial charge in [0.2, 0.25) is 0 Å². The molecule has 0 aromatic heterocycles. The third-order valence-corrected chi connectivity index (χ3v) is 2.92. The molecular formula is C16H14F2N2O4. The fraction of sp³-hybridized carbons (Fsp3) is 0.125. The van der Waals surface area contributed by atoms with Crippen molar-refractivity contribution in [3.05, 3.63) is 59.7 Å². The summed E-state index contributed by atoms with van der Waals surface area (Å²) < 4.78 is 36.5. The molecule has 2 rings (SSSR count). The van der Waals surface area contributed by atoms with Crippen LogP contribution < -0.4 is 20.3 Å². The second-order valence-electron chi connectivity index (χ2n) is 4.57. The SMILES string of the molecule is COc1ccc(C(=O)NNC(=O)COc2ccccc2F)cc1F. The summed E-state index contributed by atoms with van der Waals surface area (Å²) in [5, 5.41) is 0. The van der Waals surface area contributed by atoms with Crippen molar-refractivity contribution in [3.8, 4) is 11.5 Å². The van der Waals surface area contributed by atoms with Crippen LogP contribution in [0.3, 0.4) is 0 Å². The summed E-state index contributed by atoms with van der Waals surface area (Å²) >= 11 is 0. The average Bonchev–Trinajstić information content (AvgIpc) is 2.58. The normalized spacial score (nSPS) is 9.96. The van der Waals surface area contributed by atoms with Gasteiger partial charge in [0, 0.05) is 5.56 Å². The van der Waals surface area contributed by atoms with Crippen LogP contribution in [0.2, 0.25) is 0 Å². The van der Waals surface area contributed by atoms with E-state index in [1.54, 1.807) is 6.07 Å². The topological polar surface area (TPSA) is 76.7 Å². The van der Waals surface area contributed by atoms with Gasteiger partial charge in [-0.05, 0) is 30.3 Å². The maximum absolute atomic E-state index is 13.5. The molecular weight excluding hydrogens is 322 g/mol. The number of benzene rings is 2. The van der Waals surface area contributed by atoms with Crippen molar-refractivity contribution < 1.29 is 27.8 Å². The highest BCUT2D eigenvalue weighted by Crippen LogP contribution is 2.17. The van der Waals surface area contributed by atoms with E-state index in [2.05, 4.69) is 10.9 Å². The summed E-state index contributed by atoms with van der Waals surface area (Å²) in [6, 6.07) is 9.17. The summed E-state index contributed by atoms with van der Waals surface area (Å²) in [5.41, 5.74) is 4.16. The summed E-state index contributed by atoms with van der Waals surface area (Å²) in [4.78, 5) is 23.4. The number of hydrogen-bond acceptors (Lipinski definition) is 4. The Morgan fingerprint density at radius 2 is 1.75 bits per heavy atom. The van der Waals surface area contributed by atoms with Gasteiger partial charge in [-0.3, -0.25) is 20.4 Å². The Morgan fingerprint density at radius 3 is 2.42 bits per heavy atom. The minimum atomic E-state index is -0.726. The molecule has 6 nitrogen and oxygen atoms in total. The van der Waals surface area contributed by atoms with E-state index in [-0.39, 0.29) is 17.1 Å². The van der Waals surface area contributed by atoms with E-state index < -0.39 is 30.1 Å². The predicted molar refractivity (Wildman–Crippen MR) is 80.5 cm³/mol. The third-order valence-electron chi connectivity index (χ3n) is 2.92. The molecule has 126 valence electrons. The average molecular weight is 336 g/mol. The molecule has 8 heteroatoms. The van der Waals surface area contributed by atoms with Crippen molar-refractivity contribution in [1.29, 1.82) is 0 Å². The van der Waals surface area contributed by atoms with E-state index in [1.807, 2.05) is 0 Å². The third kappa shape index (κ3) is 4.42. The first-order valence-electron chi connectivity index (χ1n) is 6.81. The summed E-state index contributed by atoms with van der Waals surface area (Å²) in [5.74, 6) is -2.84. The Hall–Kier alpha value is -3.16. The number of nitrogens with one attached hydrogen (secondary N) is 2. The van der Waals surface area contributed by atoms with Crippen molar-refractivity contribution in [2.45, 2.75) is 0 Å². The first kappa shape index (κ1) is 17.2. The molecule has 0 aliphatic rings. The number of halogens is 2. The molecule has 0 aliphatic carbocycles. The maximum Gasteiger partial charge on any atom is 0.276 e. The van der Waals surface area contributed by atoms with E-state index in [1.165, 1.54) is 37.4 Å². The van der Waals surface area contributed by atoms with Crippen molar-refractivity contribution in [2.75, 3.05) is 13.7 Å². The molecule has 0 radical (unpaired) electrons. The van der Waals surface area contributed by atoms with Crippen LogP contribution in [0.5, 0.6) is 11.5 Å². The van der Waals surface area contributed by atoms with E-state index in [0.717, 1.165) is 6.07 Å². The number of rotatable bonds is 5. The molecule has 0 unspecified atom stereocenters. The number of para-hydroxylation sites is 1. The lowest BCUT2D eigenvalue weighted by Crippen LogP contribution is -2.43. The van der Waals surface area contributed by atoms with Gasteiger partial charge >= 0.3 is 0 Å². The molecule has 2 amide bonds. The molecule has 2 N–H and O–H groups in total. The Morgan fingerprint density at radius 1 is 1.00 bits per heavy atom. The van der Waals surface area contributed by atoms with Crippen LogP contribution in [-0.4, -0.2) is 25.5 Å². The second-order valence-corrected chi connectivity index (χ2v) is 4.57. The van der Waals surface area contributed by atoms with Gasteiger partial charge in [-0.2, -0.15) is 0 Å². The fourth-order valence-corrected chi connectivity index (χ4v) is 1.75. The van der Waals surface area contributed by atoms with Crippen LogP contribution in [0.1, 0.15) is 10.4 Å². The first-order valence-corrected chi connectivity index (χ1v) is 6.81. The molecule has 0 spiro atoms. The van der Waals surface area contributed by atoms with Crippen LogP contribution in [0.4, 0.5) is 8.78 Å². The quantitative estimate of drug-likeness (QED) is 0.817.